The molecule has 1 amide bonds. The van der Waals surface area contributed by atoms with Gasteiger partial charge in [0.15, 0.2) is 0 Å². The molecule has 0 aromatic heterocycles. The largest absolute Gasteiger partial charge is 0.315 e. The van der Waals surface area contributed by atoms with E-state index in [4.69, 9.17) is 0 Å². The first-order chi connectivity index (χ1) is 9.18. The molecule has 2 heteroatoms. The second-order valence-corrected chi connectivity index (χ2v) is 5.14. The van der Waals surface area contributed by atoms with Gasteiger partial charge in [-0.25, -0.2) is 0 Å². The number of amides is 1. The molecule has 0 radical (unpaired) electrons. The van der Waals surface area contributed by atoms with Crippen LogP contribution in [0.3, 0.4) is 0 Å². The Balaban J connectivity index is 1.98. The third-order valence-electron chi connectivity index (χ3n) is 3.99. The number of rotatable bonds is 2. The zero-order chi connectivity index (χ0) is 13.4. The standard InChI is InChI=1S/C17H17NO/c1-12-7-3-4-8-13(12)11-15-14-9-5-6-10-16(14)18(2)17(15)19/h3-10,15H,11H2,1-2H3/t15-/m1/s1. The molecular formula is C17H17NO. The average molecular weight is 251 g/mol. The number of likely N-dealkylation sites (N-methyl/N-ethyl adjacent to an activating group) is 1. The van der Waals surface area contributed by atoms with Crippen LogP contribution in [0.25, 0.3) is 0 Å². The minimum Gasteiger partial charge on any atom is -0.315 e. The van der Waals surface area contributed by atoms with Gasteiger partial charge in [0.2, 0.25) is 5.91 Å². The minimum atomic E-state index is -0.0395. The van der Waals surface area contributed by atoms with Gasteiger partial charge in [-0.2, -0.15) is 0 Å². The third-order valence-corrected chi connectivity index (χ3v) is 3.99. The highest BCUT2D eigenvalue weighted by molar-refractivity contribution is 6.04. The summed E-state index contributed by atoms with van der Waals surface area (Å²) in [5.74, 6) is 0.159. The summed E-state index contributed by atoms with van der Waals surface area (Å²) in [6.07, 6.45) is 0.785. The first-order valence-electron chi connectivity index (χ1n) is 6.59. The second kappa shape index (κ2) is 4.54. The molecule has 1 aliphatic rings. The fraction of sp³-hybridized carbons (Fsp3) is 0.235. The molecule has 0 saturated heterocycles. The van der Waals surface area contributed by atoms with Gasteiger partial charge >= 0.3 is 0 Å². The molecule has 96 valence electrons. The van der Waals surface area contributed by atoms with Crippen LogP contribution in [-0.4, -0.2) is 13.0 Å². The van der Waals surface area contributed by atoms with Crippen LogP contribution in [0, 0.1) is 6.92 Å². The molecule has 2 aromatic carbocycles. The number of carbonyl (C=O) groups is 1. The van der Waals surface area contributed by atoms with E-state index < -0.39 is 0 Å². The average Bonchev–Trinajstić information content (AvgIpc) is 2.67. The number of aryl methyl sites for hydroxylation is 1. The highest BCUT2D eigenvalue weighted by Gasteiger charge is 2.34. The normalized spacial score (nSPS) is 17.7. The van der Waals surface area contributed by atoms with Crippen molar-refractivity contribution in [2.75, 3.05) is 11.9 Å². The van der Waals surface area contributed by atoms with Crippen LogP contribution >= 0.6 is 0 Å². The van der Waals surface area contributed by atoms with Gasteiger partial charge in [0, 0.05) is 12.7 Å². The fourth-order valence-corrected chi connectivity index (χ4v) is 2.83. The van der Waals surface area contributed by atoms with Crippen LogP contribution in [0.4, 0.5) is 5.69 Å². The van der Waals surface area contributed by atoms with Gasteiger partial charge < -0.3 is 4.90 Å². The lowest BCUT2D eigenvalue weighted by atomic mass is 9.91. The Bertz CT molecular complexity index is 633. The molecule has 2 aromatic rings. The highest BCUT2D eigenvalue weighted by atomic mass is 16.2. The van der Waals surface area contributed by atoms with Crippen molar-refractivity contribution in [3.63, 3.8) is 0 Å². The van der Waals surface area contributed by atoms with E-state index in [-0.39, 0.29) is 11.8 Å². The number of hydrogen-bond acceptors (Lipinski definition) is 1. The van der Waals surface area contributed by atoms with E-state index in [9.17, 15) is 4.79 Å². The van der Waals surface area contributed by atoms with Gasteiger partial charge in [0.25, 0.3) is 0 Å². The summed E-state index contributed by atoms with van der Waals surface area (Å²) >= 11 is 0. The van der Waals surface area contributed by atoms with Crippen molar-refractivity contribution in [1.29, 1.82) is 0 Å². The van der Waals surface area contributed by atoms with E-state index >= 15 is 0 Å². The van der Waals surface area contributed by atoms with Crippen molar-refractivity contribution in [3.05, 3.63) is 65.2 Å². The Morgan fingerprint density at radius 3 is 2.53 bits per heavy atom. The maximum Gasteiger partial charge on any atom is 0.234 e. The van der Waals surface area contributed by atoms with Crippen LogP contribution in [-0.2, 0) is 11.2 Å². The van der Waals surface area contributed by atoms with Gasteiger partial charge in [0.1, 0.15) is 0 Å². The van der Waals surface area contributed by atoms with Gasteiger partial charge in [-0.1, -0.05) is 42.5 Å². The number of carbonyl (C=O) groups excluding carboxylic acids is 1. The number of hydrogen-bond donors (Lipinski definition) is 0. The lowest BCUT2D eigenvalue weighted by Crippen LogP contribution is -2.25. The lowest BCUT2D eigenvalue weighted by molar-refractivity contribution is -0.119. The summed E-state index contributed by atoms with van der Waals surface area (Å²) in [5, 5.41) is 0. The Kier molecular flexibility index (Phi) is 2.86. The van der Waals surface area contributed by atoms with Crippen LogP contribution in [0.15, 0.2) is 48.5 Å². The van der Waals surface area contributed by atoms with Crippen LogP contribution in [0.1, 0.15) is 22.6 Å². The zero-order valence-electron chi connectivity index (χ0n) is 11.3. The molecule has 2 nitrogen and oxygen atoms in total. The molecule has 0 fully saturated rings. The maximum atomic E-state index is 12.4. The first kappa shape index (κ1) is 12.0. The Morgan fingerprint density at radius 2 is 1.74 bits per heavy atom. The van der Waals surface area contributed by atoms with Crippen molar-refractivity contribution in [3.8, 4) is 0 Å². The molecule has 0 spiro atoms. The second-order valence-electron chi connectivity index (χ2n) is 5.14. The molecular weight excluding hydrogens is 234 g/mol. The minimum absolute atomic E-state index is 0.0395. The van der Waals surface area contributed by atoms with Gasteiger partial charge in [0.05, 0.1) is 5.92 Å². The van der Waals surface area contributed by atoms with E-state index in [0.29, 0.717) is 0 Å². The molecule has 3 rings (SSSR count). The molecule has 0 aliphatic carbocycles. The van der Waals surface area contributed by atoms with Gasteiger partial charge in [-0.05, 0) is 36.1 Å². The molecule has 1 aliphatic heterocycles. The third kappa shape index (κ3) is 1.93. The molecule has 0 N–H and O–H groups in total. The van der Waals surface area contributed by atoms with Crippen molar-refractivity contribution < 1.29 is 4.79 Å². The SMILES string of the molecule is Cc1ccccc1C[C@H]1C(=O)N(C)c2ccccc21. The predicted octanol–water partition coefficient (Wildman–Crippen LogP) is 3.30. The maximum absolute atomic E-state index is 12.4. The summed E-state index contributed by atoms with van der Waals surface area (Å²) in [5.41, 5.74) is 4.71. The van der Waals surface area contributed by atoms with E-state index in [1.54, 1.807) is 4.90 Å². The summed E-state index contributed by atoms with van der Waals surface area (Å²) in [7, 11) is 1.86. The molecule has 0 unspecified atom stereocenters. The Morgan fingerprint density at radius 1 is 1.05 bits per heavy atom. The number of benzene rings is 2. The summed E-state index contributed by atoms with van der Waals surface area (Å²) in [6, 6.07) is 16.4. The Labute approximate surface area is 113 Å². The number of nitrogens with zero attached hydrogens (tertiary/aromatic N) is 1. The summed E-state index contributed by atoms with van der Waals surface area (Å²) in [4.78, 5) is 14.2. The molecule has 1 heterocycles. The van der Waals surface area contributed by atoms with Gasteiger partial charge in [-0.3, -0.25) is 4.79 Å². The fourth-order valence-electron chi connectivity index (χ4n) is 2.83. The molecule has 0 bridgehead atoms. The Hall–Kier alpha value is -2.09. The molecule has 1 atom stereocenters. The van der Waals surface area contributed by atoms with Crippen LogP contribution in [0.2, 0.25) is 0 Å². The lowest BCUT2D eigenvalue weighted by Gasteiger charge is -2.12. The predicted molar refractivity (Wildman–Crippen MR) is 77.5 cm³/mol. The van der Waals surface area contributed by atoms with Crippen molar-refractivity contribution in [2.45, 2.75) is 19.3 Å². The molecule has 19 heavy (non-hydrogen) atoms. The van der Waals surface area contributed by atoms with E-state index in [1.165, 1.54) is 11.1 Å². The summed E-state index contributed by atoms with van der Waals surface area (Å²) < 4.78 is 0. The van der Waals surface area contributed by atoms with E-state index in [2.05, 4.69) is 25.1 Å². The number of para-hydroxylation sites is 1. The van der Waals surface area contributed by atoms with Crippen LogP contribution < -0.4 is 4.90 Å². The highest BCUT2D eigenvalue weighted by Crippen LogP contribution is 2.38. The quantitative estimate of drug-likeness (QED) is 0.802. The van der Waals surface area contributed by atoms with Crippen LogP contribution in [0.5, 0.6) is 0 Å². The zero-order valence-corrected chi connectivity index (χ0v) is 11.3. The van der Waals surface area contributed by atoms with Crippen molar-refractivity contribution >= 4 is 11.6 Å². The molecule has 0 saturated carbocycles. The van der Waals surface area contributed by atoms with Gasteiger partial charge in [-0.15, -0.1) is 0 Å². The number of anilines is 1. The van der Waals surface area contributed by atoms with E-state index in [1.807, 2.05) is 37.4 Å². The topological polar surface area (TPSA) is 20.3 Å². The number of fused-ring (bicyclic) bond motifs is 1. The first-order valence-corrected chi connectivity index (χ1v) is 6.59. The monoisotopic (exact) mass is 251 g/mol. The van der Waals surface area contributed by atoms with E-state index in [0.717, 1.165) is 17.7 Å². The van der Waals surface area contributed by atoms with Crippen molar-refractivity contribution in [2.24, 2.45) is 0 Å². The smallest absolute Gasteiger partial charge is 0.234 e. The van der Waals surface area contributed by atoms with Crippen molar-refractivity contribution in [1.82, 2.24) is 0 Å². The summed E-state index contributed by atoms with van der Waals surface area (Å²) in [6.45, 7) is 2.10.